The van der Waals surface area contributed by atoms with Crippen molar-refractivity contribution in [3.63, 3.8) is 0 Å². The Morgan fingerprint density at radius 2 is 2.29 bits per heavy atom. The number of nitrogens with zero attached hydrogens (tertiary/aromatic N) is 1. The lowest BCUT2D eigenvalue weighted by molar-refractivity contribution is 0.842. The maximum atomic E-state index is 11.1. The fourth-order valence-corrected chi connectivity index (χ4v) is 0.957. The van der Waals surface area contributed by atoms with E-state index >= 15 is 0 Å². The van der Waals surface area contributed by atoms with Gasteiger partial charge in [0.15, 0.2) is 0 Å². The van der Waals surface area contributed by atoms with Gasteiger partial charge in [0.05, 0.1) is 0 Å². The largest absolute Gasteiger partial charge is 0.325 e. The zero-order chi connectivity index (χ0) is 10.4. The molecule has 1 aromatic rings. The molecule has 0 aliphatic rings. The summed E-state index contributed by atoms with van der Waals surface area (Å²) in [6, 6.07) is 0. The lowest BCUT2D eigenvalue weighted by Gasteiger charge is -1.90. The van der Waals surface area contributed by atoms with Crippen LogP contribution in [0.5, 0.6) is 0 Å². The van der Waals surface area contributed by atoms with Crippen LogP contribution in [0, 0.1) is 0 Å². The first-order valence-electron chi connectivity index (χ1n) is 4.58. The monoisotopic (exact) mass is 195 g/mol. The van der Waals surface area contributed by atoms with Crippen molar-refractivity contribution in [1.29, 1.82) is 0 Å². The Labute approximate surface area is 80.9 Å². The predicted octanol–water partition coefficient (Wildman–Crippen LogP) is 0.956. The normalized spacial score (nSPS) is 10.9. The molecule has 0 amide bonds. The number of aliphatic imine (C=N–C) groups is 1. The maximum Gasteiger partial charge on any atom is 0.325 e. The van der Waals surface area contributed by atoms with Crippen LogP contribution in [0.3, 0.4) is 0 Å². The quantitative estimate of drug-likeness (QED) is 0.554. The number of unbranched alkanes of at least 4 members (excludes halogenated alkanes) is 2. The summed E-state index contributed by atoms with van der Waals surface area (Å²) in [6.45, 7) is 2.08. The van der Waals surface area contributed by atoms with Gasteiger partial charge in [0.1, 0.15) is 5.69 Å². The topological polar surface area (TPSA) is 78.1 Å². The van der Waals surface area contributed by atoms with Gasteiger partial charge in [-0.1, -0.05) is 13.3 Å². The average molecular weight is 195 g/mol. The molecule has 2 N–H and O–H groups in total. The van der Waals surface area contributed by atoms with Gasteiger partial charge in [0.2, 0.25) is 0 Å². The highest BCUT2D eigenvalue weighted by Gasteiger charge is 1.94. The number of nitrogens with one attached hydrogen (secondary N) is 2. The van der Waals surface area contributed by atoms with Gasteiger partial charge in [0.25, 0.3) is 5.56 Å². The van der Waals surface area contributed by atoms with Gasteiger partial charge >= 0.3 is 5.69 Å². The molecule has 0 spiro atoms. The van der Waals surface area contributed by atoms with Gasteiger partial charge < -0.3 is 4.98 Å². The van der Waals surface area contributed by atoms with E-state index in [0.29, 0.717) is 0 Å². The van der Waals surface area contributed by atoms with Crippen LogP contribution >= 0.6 is 0 Å². The number of hydrogen-bond donors (Lipinski definition) is 2. The molecule has 0 fully saturated rings. The highest BCUT2D eigenvalue weighted by molar-refractivity contribution is 5.62. The van der Waals surface area contributed by atoms with E-state index in [9.17, 15) is 9.59 Å². The highest BCUT2D eigenvalue weighted by Crippen LogP contribution is 1.98. The molecule has 76 valence electrons. The lowest BCUT2D eigenvalue weighted by atomic mass is 10.3. The van der Waals surface area contributed by atoms with Crippen LogP contribution in [-0.2, 0) is 0 Å². The lowest BCUT2D eigenvalue weighted by Crippen LogP contribution is -2.20. The third-order valence-corrected chi connectivity index (χ3v) is 1.72. The van der Waals surface area contributed by atoms with Crippen molar-refractivity contribution in [2.45, 2.75) is 26.2 Å². The van der Waals surface area contributed by atoms with Crippen LogP contribution in [0.2, 0.25) is 0 Å². The molecular formula is C9H13N3O2. The average Bonchev–Trinajstić information content (AvgIpc) is 2.15. The van der Waals surface area contributed by atoms with Gasteiger partial charge in [-0.2, -0.15) is 0 Å². The number of rotatable bonds is 4. The van der Waals surface area contributed by atoms with E-state index in [2.05, 4.69) is 21.9 Å². The van der Waals surface area contributed by atoms with Crippen LogP contribution in [0.1, 0.15) is 26.2 Å². The molecule has 5 nitrogen and oxygen atoms in total. The molecule has 0 unspecified atom stereocenters. The Morgan fingerprint density at radius 3 is 2.93 bits per heavy atom. The summed E-state index contributed by atoms with van der Waals surface area (Å²) in [4.78, 5) is 30.2. The number of aromatic amines is 2. The molecule has 0 aliphatic carbocycles. The van der Waals surface area contributed by atoms with Crippen LogP contribution in [0.25, 0.3) is 0 Å². The molecule has 0 radical (unpaired) electrons. The zero-order valence-electron chi connectivity index (χ0n) is 8.04. The minimum Gasteiger partial charge on any atom is -0.312 e. The van der Waals surface area contributed by atoms with Crippen LogP contribution in [-0.4, -0.2) is 16.2 Å². The maximum absolute atomic E-state index is 11.1. The van der Waals surface area contributed by atoms with Gasteiger partial charge in [-0.05, 0) is 12.8 Å². The van der Waals surface area contributed by atoms with E-state index in [1.807, 2.05) is 0 Å². The first-order valence-corrected chi connectivity index (χ1v) is 4.58. The first kappa shape index (κ1) is 10.4. The van der Waals surface area contributed by atoms with Gasteiger partial charge in [-0.3, -0.25) is 14.8 Å². The van der Waals surface area contributed by atoms with Crippen molar-refractivity contribution in [1.82, 2.24) is 9.97 Å². The third-order valence-electron chi connectivity index (χ3n) is 1.72. The van der Waals surface area contributed by atoms with Crippen molar-refractivity contribution in [3.05, 3.63) is 27.0 Å². The van der Waals surface area contributed by atoms with Crippen molar-refractivity contribution in [2.75, 3.05) is 0 Å². The Bertz CT molecular complexity index is 417. The Hall–Kier alpha value is -1.65. The van der Waals surface area contributed by atoms with Crippen molar-refractivity contribution >= 4 is 11.9 Å². The summed E-state index contributed by atoms with van der Waals surface area (Å²) in [5.74, 6) is 0. The molecule has 0 atom stereocenters. The molecule has 0 bridgehead atoms. The molecule has 5 heteroatoms. The number of hydrogen-bond acceptors (Lipinski definition) is 3. The summed E-state index contributed by atoms with van der Waals surface area (Å²) in [5.41, 5.74) is -0.732. The SMILES string of the molecule is CCCCC=Nc1c[nH]c(=O)[nH]c1=O. The van der Waals surface area contributed by atoms with E-state index in [4.69, 9.17) is 0 Å². The Balaban J connectivity index is 2.72. The molecule has 0 saturated heterocycles. The van der Waals surface area contributed by atoms with Gasteiger partial charge in [-0.15, -0.1) is 0 Å². The van der Waals surface area contributed by atoms with E-state index in [1.165, 1.54) is 6.20 Å². The molecule has 0 aromatic carbocycles. The minimum atomic E-state index is -0.512. The number of H-pyrrole nitrogens is 2. The standard InChI is InChI=1S/C9H13N3O2/c1-2-3-4-5-10-7-6-11-9(14)12-8(7)13/h5-6H,2-4H2,1H3,(H2,11,12,13,14). The molecule has 1 heterocycles. The minimum absolute atomic E-state index is 0.237. The molecule has 1 aromatic heterocycles. The fourth-order valence-electron chi connectivity index (χ4n) is 0.957. The third kappa shape index (κ3) is 3.01. The van der Waals surface area contributed by atoms with E-state index in [1.54, 1.807) is 6.21 Å². The van der Waals surface area contributed by atoms with E-state index in [-0.39, 0.29) is 5.69 Å². The first-order chi connectivity index (χ1) is 6.74. The second-order valence-electron chi connectivity index (χ2n) is 2.91. The molecule has 0 saturated carbocycles. The van der Waals surface area contributed by atoms with Crippen LogP contribution < -0.4 is 11.2 Å². The summed E-state index contributed by atoms with van der Waals surface area (Å²) in [6.07, 6.45) is 5.98. The number of aromatic nitrogens is 2. The molecule has 1 rings (SSSR count). The second kappa shape index (κ2) is 5.16. The van der Waals surface area contributed by atoms with Crippen LogP contribution in [0.15, 0.2) is 20.8 Å². The van der Waals surface area contributed by atoms with Crippen molar-refractivity contribution in [3.8, 4) is 0 Å². The van der Waals surface area contributed by atoms with Crippen molar-refractivity contribution in [2.24, 2.45) is 4.99 Å². The summed E-state index contributed by atoms with van der Waals surface area (Å²) in [5, 5.41) is 0. The van der Waals surface area contributed by atoms with Crippen molar-refractivity contribution < 1.29 is 0 Å². The molecule has 14 heavy (non-hydrogen) atoms. The second-order valence-corrected chi connectivity index (χ2v) is 2.91. The van der Waals surface area contributed by atoms with E-state index in [0.717, 1.165) is 19.3 Å². The molecular weight excluding hydrogens is 182 g/mol. The summed E-state index contributed by atoms with van der Waals surface area (Å²) < 4.78 is 0. The Kier molecular flexibility index (Phi) is 3.84. The van der Waals surface area contributed by atoms with E-state index < -0.39 is 11.2 Å². The summed E-state index contributed by atoms with van der Waals surface area (Å²) in [7, 11) is 0. The zero-order valence-corrected chi connectivity index (χ0v) is 8.04. The summed E-state index contributed by atoms with van der Waals surface area (Å²) >= 11 is 0. The highest BCUT2D eigenvalue weighted by atomic mass is 16.2. The van der Waals surface area contributed by atoms with Crippen LogP contribution in [0.4, 0.5) is 5.69 Å². The van der Waals surface area contributed by atoms with Gasteiger partial charge in [-0.25, -0.2) is 4.79 Å². The Morgan fingerprint density at radius 1 is 1.50 bits per heavy atom. The smallest absolute Gasteiger partial charge is 0.312 e. The molecule has 0 aliphatic heterocycles. The predicted molar refractivity (Wildman–Crippen MR) is 55.4 cm³/mol. The fraction of sp³-hybridized carbons (Fsp3) is 0.444. The van der Waals surface area contributed by atoms with Gasteiger partial charge in [0, 0.05) is 12.4 Å².